The minimum absolute atomic E-state index is 0.0369. The van der Waals surface area contributed by atoms with Gasteiger partial charge < -0.3 is 10.3 Å². The van der Waals surface area contributed by atoms with Crippen molar-refractivity contribution in [2.45, 2.75) is 32.2 Å². The minimum Gasteiger partial charge on any atom is -0.339 e. The average Bonchev–Trinajstić information content (AvgIpc) is 3.02. The highest BCUT2D eigenvalue weighted by Gasteiger charge is 2.20. The molecule has 0 bridgehead atoms. The summed E-state index contributed by atoms with van der Waals surface area (Å²) in [5, 5.41) is 6.46. The minimum atomic E-state index is 0.0369. The Bertz CT molecular complexity index is 750. The van der Waals surface area contributed by atoms with Gasteiger partial charge in [-0.25, -0.2) is 0 Å². The third-order valence-corrected chi connectivity index (χ3v) is 3.95. The van der Waals surface area contributed by atoms with Crippen LogP contribution in [0.25, 0.3) is 22.2 Å². The van der Waals surface area contributed by atoms with Gasteiger partial charge in [0.25, 0.3) is 0 Å². The molecule has 0 radical (unpaired) electrons. The summed E-state index contributed by atoms with van der Waals surface area (Å²) in [6.07, 6.45) is 0.884. The van der Waals surface area contributed by atoms with Crippen LogP contribution >= 0.6 is 0 Å². The fraction of sp³-hybridized carbons (Fsp3) is 0.294. The number of aromatic nitrogens is 2. The van der Waals surface area contributed by atoms with Gasteiger partial charge in [0.15, 0.2) is 0 Å². The predicted molar refractivity (Wildman–Crippen MR) is 83.9 cm³/mol. The Hall–Kier alpha value is -2.20. The van der Waals surface area contributed by atoms with Crippen LogP contribution in [-0.2, 0) is 0 Å². The molecular formula is C17H19N3O. The van der Waals surface area contributed by atoms with Crippen LogP contribution < -0.4 is 5.73 Å². The smallest absolute Gasteiger partial charge is 0.231 e. The molecule has 4 heteroatoms. The van der Waals surface area contributed by atoms with E-state index in [-0.39, 0.29) is 12.0 Å². The van der Waals surface area contributed by atoms with Gasteiger partial charge in [-0.1, -0.05) is 55.4 Å². The first-order valence-electron chi connectivity index (χ1n) is 7.27. The van der Waals surface area contributed by atoms with Crippen molar-refractivity contribution in [3.05, 3.63) is 48.4 Å². The summed E-state index contributed by atoms with van der Waals surface area (Å²) in [7, 11) is 0. The van der Waals surface area contributed by atoms with Gasteiger partial charge in [0.2, 0.25) is 11.7 Å². The molecule has 21 heavy (non-hydrogen) atoms. The van der Waals surface area contributed by atoms with Crippen LogP contribution in [-0.4, -0.2) is 16.2 Å². The van der Waals surface area contributed by atoms with Crippen molar-refractivity contribution >= 4 is 10.8 Å². The van der Waals surface area contributed by atoms with Crippen molar-refractivity contribution < 1.29 is 4.52 Å². The van der Waals surface area contributed by atoms with Crippen LogP contribution in [0.5, 0.6) is 0 Å². The summed E-state index contributed by atoms with van der Waals surface area (Å²) in [6.45, 7) is 4.08. The lowest BCUT2D eigenvalue weighted by molar-refractivity contribution is 0.340. The molecule has 1 aromatic heterocycles. The van der Waals surface area contributed by atoms with Gasteiger partial charge in [-0.15, -0.1) is 0 Å². The molecule has 2 aromatic carbocycles. The van der Waals surface area contributed by atoms with Gasteiger partial charge in [-0.2, -0.15) is 4.98 Å². The molecule has 0 spiro atoms. The number of rotatable bonds is 4. The molecule has 3 rings (SSSR count). The van der Waals surface area contributed by atoms with Crippen LogP contribution in [0.15, 0.2) is 47.0 Å². The number of hydrogen-bond donors (Lipinski definition) is 1. The van der Waals surface area contributed by atoms with E-state index in [1.807, 2.05) is 25.1 Å². The third-order valence-electron chi connectivity index (χ3n) is 3.95. The highest BCUT2D eigenvalue weighted by molar-refractivity contribution is 5.86. The molecule has 2 N–H and O–H groups in total. The summed E-state index contributed by atoms with van der Waals surface area (Å²) >= 11 is 0. The first-order chi connectivity index (χ1) is 10.2. The van der Waals surface area contributed by atoms with E-state index >= 15 is 0 Å². The molecule has 0 saturated carbocycles. The fourth-order valence-electron chi connectivity index (χ4n) is 2.40. The topological polar surface area (TPSA) is 64.9 Å². The molecular weight excluding hydrogens is 262 g/mol. The van der Waals surface area contributed by atoms with Crippen LogP contribution in [0.3, 0.4) is 0 Å². The van der Waals surface area contributed by atoms with E-state index in [0.29, 0.717) is 11.7 Å². The van der Waals surface area contributed by atoms with E-state index in [9.17, 15) is 0 Å². The fourth-order valence-corrected chi connectivity index (χ4v) is 2.40. The van der Waals surface area contributed by atoms with Crippen molar-refractivity contribution in [3.8, 4) is 11.4 Å². The number of nitrogens with zero attached hydrogens (tertiary/aromatic N) is 2. The molecule has 0 aliphatic heterocycles. The molecule has 0 saturated heterocycles. The Kier molecular flexibility index (Phi) is 3.71. The van der Waals surface area contributed by atoms with Crippen molar-refractivity contribution in [1.82, 2.24) is 10.1 Å². The van der Waals surface area contributed by atoms with Crippen LogP contribution in [0.2, 0.25) is 0 Å². The van der Waals surface area contributed by atoms with Gasteiger partial charge in [0.05, 0.1) is 5.92 Å². The third kappa shape index (κ3) is 2.67. The second-order valence-electron chi connectivity index (χ2n) is 5.38. The van der Waals surface area contributed by atoms with Crippen molar-refractivity contribution in [3.63, 3.8) is 0 Å². The van der Waals surface area contributed by atoms with Gasteiger partial charge in [-0.05, 0) is 23.3 Å². The van der Waals surface area contributed by atoms with Crippen molar-refractivity contribution in [2.75, 3.05) is 0 Å². The Morgan fingerprint density at radius 1 is 1.14 bits per heavy atom. The maximum Gasteiger partial charge on any atom is 0.231 e. The number of benzene rings is 2. The number of fused-ring (bicyclic) bond motifs is 1. The van der Waals surface area contributed by atoms with Crippen molar-refractivity contribution in [1.29, 1.82) is 0 Å². The lowest BCUT2D eigenvalue weighted by Gasteiger charge is -2.13. The summed E-state index contributed by atoms with van der Waals surface area (Å²) in [5.41, 5.74) is 7.00. The van der Waals surface area contributed by atoms with Gasteiger partial charge in [0, 0.05) is 11.6 Å². The summed E-state index contributed by atoms with van der Waals surface area (Å²) < 4.78 is 5.37. The summed E-state index contributed by atoms with van der Waals surface area (Å²) in [5.74, 6) is 1.29. The second-order valence-corrected chi connectivity index (χ2v) is 5.38. The summed E-state index contributed by atoms with van der Waals surface area (Å²) in [6, 6.07) is 14.4. The van der Waals surface area contributed by atoms with E-state index in [4.69, 9.17) is 10.3 Å². The predicted octanol–water partition coefficient (Wildman–Crippen LogP) is 3.73. The first kappa shape index (κ1) is 13.8. The Morgan fingerprint density at radius 2 is 1.90 bits per heavy atom. The molecule has 2 atom stereocenters. The van der Waals surface area contributed by atoms with Crippen LogP contribution in [0.4, 0.5) is 0 Å². The van der Waals surface area contributed by atoms with Crippen molar-refractivity contribution in [2.24, 2.45) is 5.73 Å². The van der Waals surface area contributed by atoms with Gasteiger partial charge >= 0.3 is 0 Å². The highest BCUT2D eigenvalue weighted by Crippen LogP contribution is 2.25. The Morgan fingerprint density at radius 3 is 2.67 bits per heavy atom. The van der Waals surface area contributed by atoms with E-state index in [2.05, 4.69) is 41.3 Å². The average molecular weight is 281 g/mol. The zero-order chi connectivity index (χ0) is 14.8. The van der Waals surface area contributed by atoms with E-state index in [1.54, 1.807) is 0 Å². The number of nitrogens with two attached hydrogens (primary N) is 1. The number of hydrogen-bond acceptors (Lipinski definition) is 4. The molecule has 0 aliphatic carbocycles. The van der Waals surface area contributed by atoms with Gasteiger partial charge in [-0.3, -0.25) is 0 Å². The van der Waals surface area contributed by atoms with E-state index in [1.165, 1.54) is 10.8 Å². The SMILES string of the molecule is CCC(N)C(C)c1nc(-c2ccc3ccccc3c2)no1. The largest absolute Gasteiger partial charge is 0.339 e. The monoisotopic (exact) mass is 281 g/mol. The standard InChI is InChI=1S/C17H19N3O/c1-3-15(18)11(2)17-19-16(20-21-17)14-9-8-12-6-4-5-7-13(12)10-14/h4-11,15H,3,18H2,1-2H3. The lowest BCUT2D eigenvalue weighted by atomic mass is 10.0. The van der Waals surface area contributed by atoms with E-state index < -0.39 is 0 Å². The normalized spacial score (nSPS) is 14.2. The molecule has 108 valence electrons. The molecule has 0 aliphatic rings. The molecule has 2 unspecified atom stereocenters. The molecule has 1 heterocycles. The summed E-state index contributed by atoms with van der Waals surface area (Å²) in [4.78, 5) is 4.50. The maximum atomic E-state index is 6.04. The maximum absolute atomic E-state index is 6.04. The first-order valence-corrected chi connectivity index (χ1v) is 7.27. The van der Waals surface area contributed by atoms with E-state index in [0.717, 1.165) is 12.0 Å². The van der Waals surface area contributed by atoms with Crippen LogP contribution in [0, 0.1) is 0 Å². The van der Waals surface area contributed by atoms with Crippen LogP contribution in [0.1, 0.15) is 32.1 Å². The highest BCUT2D eigenvalue weighted by atomic mass is 16.5. The molecule has 3 aromatic rings. The Labute approximate surface area is 124 Å². The zero-order valence-corrected chi connectivity index (χ0v) is 12.3. The molecule has 4 nitrogen and oxygen atoms in total. The second kappa shape index (κ2) is 5.66. The quantitative estimate of drug-likeness (QED) is 0.791. The van der Waals surface area contributed by atoms with Gasteiger partial charge in [0.1, 0.15) is 0 Å². The molecule has 0 fully saturated rings. The molecule has 0 amide bonds. The zero-order valence-electron chi connectivity index (χ0n) is 12.3. The Balaban J connectivity index is 1.94. The lowest BCUT2D eigenvalue weighted by Crippen LogP contribution is -2.25.